The van der Waals surface area contributed by atoms with E-state index in [9.17, 15) is 4.79 Å². The molecule has 0 heterocycles. The number of rotatable bonds is 3. The molecule has 52 valence electrons. The van der Waals surface area contributed by atoms with Crippen molar-refractivity contribution in [3.8, 4) is 0 Å². The summed E-state index contributed by atoms with van der Waals surface area (Å²) < 4.78 is 0. The molecule has 0 aromatic heterocycles. The fraction of sp³-hybridized carbons (Fsp3) is 0.571. The van der Waals surface area contributed by atoms with Gasteiger partial charge in [0.05, 0.1) is 8.07 Å². The van der Waals surface area contributed by atoms with E-state index in [2.05, 4.69) is 26.2 Å². The zero-order chi connectivity index (χ0) is 7.49. The second-order valence-electron chi connectivity index (χ2n) is 3.41. The predicted octanol–water partition coefficient (Wildman–Crippen LogP) is 2.08. The molecular weight excluding hydrogens is 128 g/mol. The molecule has 0 aromatic carbocycles. The molecular formula is C7H14OSi. The van der Waals surface area contributed by atoms with Gasteiger partial charge in [-0.05, 0) is 6.08 Å². The van der Waals surface area contributed by atoms with Crippen molar-refractivity contribution in [2.75, 3.05) is 0 Å². The number of hydrogen-bond acceptors (Lipinski definition) is 1. The third-order valence-corrected chi connectivity index (χ3v) is 2.34. The van der Waals surface area contributed by atoms with E-state index >= 15 is 0 Å². The lowest BCUT2D eigenvalue weighted by molar-refractivity contribution is -0.112. The second-order valence-corrected chi connectivity index (χ2v) is 8.88. The minimum atomic E-state index is -1.16. The van der Waals surface area contributed by atoms with Crippen LogP contribution < -0.4 is 0 Å². The number of carbonyl (C=O) groups excluding carboxylic acids is 1. The lowest BCUT2D eigenvalue weighted by atomic mass is 10.4. The summed E-state index contributed by atoms with van der Waals surface area (Å²) in [5, 5.41) is 0. The van der Waals surface area contributed by atoms with Crippen LogP contribution in [0.15, 0.2) is 12.7 Å². The van der Waals surface area contributed by atoms with Crippen molar-refractivity contribution in [1.29, 1.82) is 0 Å². The van der Waals surface area contributed by atoms with E-state index in [1.54, 1.807) is 0 Å². The van der Waals surface area contributed by atoms with E-state index in [-0.39, 0.29) is 5.78 Å². The van der Waals surface area contributed by atoms with Crippen LogP contribution in [0.3, 0.4) is 0 Å². The first-order valence-electron chi connectivity index (χ1n) is 3.11. The van der Waals surface area contributed by atoms with Gasteiger partial charge in [0.15, 0.2) is 5.78 Å². The van der Waals surface area contributed by atoms with E-state index in [1.807, 2.05) is 0 Å². The van der Waals surface area contributed by atoms with Crippen molar-refractivity contribution in [1.82, 2.24) is 0 Å². The highest BCUT2D eigenvalue weighted by Gasteiger charge is 2.15. The molecule has 0 aliphatic heterocycles. The molecule has 1 nitrogen and oxygen atoms in total. The van der Waals surface area contributed by atoms with Gasteiger partial charge in [0.1, 0.15) is 0 Å². The molecule has 0 radical (unpaired) electrons. The average molecular weight is 142 g/mol. The van der Waals surface area contributed by atoms with Crippen LogP contribution in [0.25, 0.3) is 0 Å². The summed E-state index contributed by atoms with van der Waals surface area (Å²) in [5.41, 5.74) is 0. The Morgan fingerprint density at radius 3 is 2.11 bits per heavy atom. The smallest absolute Gasteiger partial charge is 0.152 e. The Hall–Kier alpha value is -0.373. The summed E-state index contributed by atoms with van der Waals surface area (Å²) in [6.45, 7) is 9.94. The number of hydrogen-bond donors (Lipinski definition) is 0. The quantitative estimate of drug-likeness (QED) is 0.435. The summed E-state index contributed by atoms with van der Waals surface area (Å²) in [6, 6.07) is 0.733. The minimum absolute atomic E-state index is 0.189. The maximum atomic E-state index is 10.7. The highest BCUT2D eigenvalue weighted by atomic mass is 28.3. The third kappa shape index (κ3) is 5.50. The summed E-state index contributed by atoms with van der Waals surface area (Å²) >= 11 is 0. The highest BCUT2D eigenvalue weighted by Crippen LogP contribution is 2.07. The average Bonchev–Trinajstić information content (AvgIpc) is 1.62. The number of carbonyl (C=O) groups is 1. The Labute approximate surface area is 57.8 Å². The van der Waals surface area contributed by atoms with Gasteiger partial charge in [0, 0.05) is 6.04 Å². The topological polar surface area (TPSA) is 17.1 Å². The van der Waals surface area contributed by atoms with Gasteiger partial charge >= 0.3 is 0 Å². The molecule has 0 bridgehead atoms. The van der Waals surface area contributed by atoms with Crippen LogP contribution in [0, 0.1) is 0 Å². The molecule has 0 amide bonds. The van der Waals surface area contributed by atoms with Crippen LogP contribution in [-0.4, -0.2) is 13.9 Å². The highest BCUT2D eigenvalue weighted by molar-refractivity contribution is 6.79. The summed E-state index contributed by atoms with van der Waals surface area (Å²) in [7, 11) is -1.16. The van der Waals surface area contributed by atoms with E-state index in [1.165, 1.54) is 6.08 Å². The molecule has 0 atom stereocenters. The summed E-state index contributed by atoms with van der Waals surface area (Å²) in [6.07, 6.45) is 1.41. The Morgan fingerprint density at radius 2 is 2.00 bits per heavy atom. The molecule has 0 saturated carbocycles. The molecule has 0 aliphatic rings. The Bertz CT molecular complexity index is 121. The van der Waals surface area contributed by atoms with Crippen molar-refractivity contribution < 1.29 is 4.79 Å². The molecule has 0 saturated heterocycles. The Morgan fingerprint density at radius 1 is 1.56 bits per heavy atom. The van der Waals surface area contributed by atoms with Crippen LogP contribution >= 0.6 is 0 Å². The van der Waals surface area contributed by atoms with Crippen molar-refractivity contribution in [3.63, 3.8) is 0 Å². The van der Waals surface area contributed by atoms with Crippen molar-refractivity contribution in [2.24, 2.45) is 0 Å². The molecule has 0 aromatic rings. The van der Waals surface area contributed by atoms with Crippen molar-refractivity contribution in [2.45, 2.75) is 25.7 Å². The first-order chi connectivity index (χ1) is 3.95. The van der Waals surface area contributed by atoms with Crippen molar-refractivity contribution >= 4 is 13.9 Å². The molecule has 0 unspecified atom stereocenters. The first kappa shape index (κ1) is 8.63. The van der Waals surface area contributed by atoms with Crippen molar-refractivity contribution in [3.05, 3.63) is 12.7 Å². The standard InChI is InChI=1S/C7H14OSi/c1-5-7(8)6-9(2,3)4/h5H,1,6H2,2-4H3. The SMILES string of the molecule is C=CC(=O)C[Si](C)(C)C. The van der Waals surface area contributed by atoms with Gasteiger partial charge in [-0.1, -0.05) is 26.2 Å². The van der Waals surface area contributed by atoms with Gasteiger partial charge in [0.25, 0.3) is 0 Å². The van der Waals surface area contributed by atoms with Crippen LogP contribution in [0.5, 0.6) is 0 Å². The monoisotopic (exact) mass is 142 g/mol. The molecule has 0 N–H and O–H groups in total. The first-order valence-corrected chi connectivity index (χ1v) is 6.82. The van der Waals surface area contributed by atoms with Gasteiger partial charge < -0.3 is 0 Å². The maximum absolute atomic E-state index is 10.7. The van der Waals surface area contributed by atoms with Gasteiger partial charge in [-0.3, -0.25) is 4.79 Å². The Kier molecular flexibility index (Phi) is 2.84. The molecule has 0 spiro atoms. The largest absolute Gasteiger partial charge is 0.295 e. The van der Waals surface area contributed by atoms with E-state index in [4.69, 9.17) is 0 Å². The van der Waals surface area contributed by atoms with Crippen LogP contribution in [-0.2, 0) is 4.79 Å². The summed E-state index contributed by atoms with van der Waals surface area (Å²) in [4.78, 5) is 10.7. The zero-order valence-electron chi connectivity index (χ0n) is 6.40. The predicted molar refractivity (Wildman–Crippen MR) is 43.4 cm³/mol. The molecule has 0 fully saturated rings. The van der Waals surface area contributed by atoms with Gasteiger partial charge in [-0.2, -0.15) is 0 Å². The van der Waals surface area contributed by atoms with E-state index in [0.717, 1.165) is 6.04 Å². The zero-order valence-corrected chi connectivity index (χ0v) is 7.40. The van der Waals surface area contributed by atoms with Gasteiger partial charge in [-0.15, -0.1) is 0 Å². The summed E-state index contributed by atoms with van der Waals surface area (Å²) in [5.74, 6) is 0.189. The fourth-order valence-corrected chi connectivity index (χ4v) is 1.78. The van der Waals surface area contributed by atoms with Gasteiger partial charge in [0.2, 0.25) is 0 Å². The lowest BCUT2D eigenvalue weighted by Gasteiger charge is -2.11. The fourth-order valence-electron chi connectivity index (χ4n) is 0.595. The molecule has 0 aliphatic carbocycles. The van der Waals surface area contributed by atoms with Crippen LogP contribution in [0.2, 0.25) is 25.7 Å². The second kappa shape index (κ2) is 2.97. The molecule has 9 heavy (non-hydrogen) atoms. The minimum Gasteiger partial charge on any atom is -0.295 e. The maximum Gasteiger partial charge on any atom is 0.152 e. The lowest BCUT2D eigenvalue weighted by Crippen LogP contribution is -2.22. The van der Waals surface area contributed by atoms with E-state index in [0.29, 0.717) is 0 Å². The Balaban J connectivity index is 3.74. The van der Waals surface area contributed by atoms with E-state index < -0.39 is 8.07 Å². The van der Waals surface area contributed by atoms with Gasteiger partial charge in [-0.25, -0.2) is 0 Å². The van der Waals surface area contributed by atoms with Crippen LogP contribution in [0.4, 0.5) is 0 Å². The number of ketones is 1. The third-order valence-electron chi connectivity index (χ3n) is 0.932. The number of allylic oxidation sites excluding steroid dienone is 1. The normalized spacial score (nSPS) is 11.0. The molecule has 0 rings (SSSR count). The molecule has 2 heteroatoms. The van der Waals surface area contributed by atoms with Crippen LogP contribution in [0.1, 0.15) is 0 Å².